The second-order valence-corrected chi connectivity index (χ2v) is 8.20. The normalized spacial score (nSPS) is 12.9. The summed E-state index contributed by atoms with van der Waals surface area (Å²) >= 11 is 0. The lowest BCUT2D eigenvalue weighted by molar-refractivity contribution is 0.0966. The van der Waals surface area contributed by atoms with Crippen LogP contribution in [-0.4, -0.2) is 20.2 Å². The molecule has 0 aromatic heterocycles. The molecule has 3 aromatic carbocycles. The quantitative estimate of drug-likeness (QED) is 0.714. The molecule has 2 amide bonds. The van der Waals surface area contributed by atoms with E-state index in [1.54, 1.807) is 48.5 Å². The molecule has 0 aliphatic carbocycles. The largest absolute Gasteiger partial charge is 0.348 e. The van der Waals surface area contributed by atoms with E-state index in [0.29, 0.717) is 11.1 Å². The minimum Gasteiger partial charge on any atom is -0.348 e. The van der Waals surface area contributed by atoms with Crippen molar-refractivity contribution < 1.29 is 18.0 Å². The Bertz CT molecular complexity index is 1170. The fourth-order valence-corrected chi connectivity index (χ4v) is 4.70. The van der Waals surface area contributed by atoms with Crippen molar-refractivity contribution in [3.8, 4) is 0 Å². The van der Waals surface area contributed by atoms with E-state index in [9.17, 15) is 18.0 Å². The lowest BCUT2D eigenvalue weighted by Gasteiger charge is -2.13. The number of carbonyl (C=O) groups is 2. The third-order valence-electron chi connectivity index (χ3n) is 4.55. The van der Waals surface area contributed by atoms with E-state index in [-0.39, 0.29) is 33.5 Å². The maximum absolute atomic E-state index is 13.0. The molecule has 1 aliphatic heterocycles. The van der Waals surface area contributed by atoms with Gasteiger partial charge in [0.05, 0.1) is 21.0 Å². The monoisotopic (exact) mass is 392 g/mol. The number of sulfone groups is 1. The van der Waals surface area contributed by atoms with Crippen molar-refractivity contribution in [3.05, 3.63) is 89.5 Å². The molecule has 0 unspecified atom stereocenters. The van der Waals surface area contributed by atoms with Gasteiger partial charge in [0.1, 0.15) is 0 Å². The Hall–Kier alpha value is -3.45. The third kappa shape index (κ3) is 3.05. The predicted molar refractivity (Wildman–Crippen MR) is 104 cm³/mol. The number of benzene rings is 3. The topological polar surface area (TPSA) is 92.3 Å². The molecule has 0 atom stereocenters. The fraction of sp³-hybridized carbons (Fsp3) is 0.0476. The first-order chi connectivity index (χ1) is 13.5. The Balaban J connectivity index is 1.78. The van der Waals surface area contributed by atoms with Crippen LogP contribution in [0.15, 0.2) is 82.6 Å². The molecule has 1 aliphatic rings. The van der Waals surface area contributed by atoms with E-state index in [1.807, 2.05) is 0 Å². The van der Waals surface area contributed by atoms with Crippen LogP contribution < -0.4 is 10.6 Å². The molecular weight excluding hydrogens is 376 g/mol. The van der Waals surface area contributed by atoms with E-state index in [1.165, 1.54) is 24.3 Å². The minimum atomic E-state index is -3.79. The zero-order valence-electron chi connectivity index (χ0n) is 14.7. The number of hydrogen-bond acceptors (Lipinski definition) is 4. The number of fused-ring (bicyclic) bond motifs is 1. The maximum Gasteiger partial charge on any atom is 0.255 e. The van der Waals surface area contributed by atoms with Crippen LogP contribution in [0.25, 0.3) is 0 Å². The van der Waals surface area contributed by atoms with Crippen LogP contribution in [0.1, 0.15) is 26.3 Å². The Labute approximate surface area is 162 Å². The summed E-state index contributed by atoms with van der Waals surface area (Å²) in [6.07, 6.45) is 0. The lowest BCUT2D eigenvalue weighted by Crippen LogP contribution is -2.17. The zero-order chi connectivity index (χ0) is 19.7. The highest BCUT2D eigenvalue weighted by Crippen LogP contribution is 2.33. The van der Waals surface area contributed by atoms with Crippen LogP contribution in [-0.2, 0) is 16.4 Å². The van der Waals surface area contributed by atoms with Gasteiger partial charge in [0.2, 0.25) is 9.84 Å². The van der Waals surface area contributed by atoms with Gasteiger partial charge in [-0.1, -0.05) is 36.4 Å². The van der Waals surface area contributed by atoms with Gasteiger partial charge < -0.3 is 10.6 Å². The van der Waals surface area contributed by atoms with Gasteiger partial charge in [-0.05, 0) is 36.4 Å². The van der Waals surface area contributed by atoms with Crippen molar-refractivity contribution in [2.45, 2.75) is 16.3 Å². The van der Waals surface area contributed by atoms with Crippen molar-refractivity contribution in [3.63, 3.8) is 0 Å². The minimum absolute atomic E-state index is 0.0600. The summed E-state index contributed by atoms with van der Waals surface area (Å²) in [7, 11) is -3.79. The summed E-state index contributed by atoms with van der Waals surface area (Å²) in [5, 5.41) is 5.36. The first-order valence-corrected chi connectivity index (χ1v) is 10.1. The van der Waals surface area contributed by atoms with Gasteiger partial charge in [0.25, 0.3) is 11.8 Å². The highest BCUT2D eigenvalue weighted by Gasteiger charge is 2.31. The van der Waals surface area contributed by atoms with Crippen LogP contribution in [0, 0.1) is 0 Å². The molecule has 140 valence electrons. The Morgan fingerprint density at radius 3 is 2.21 bits per heavy atom. The number of rotatable bonds is 4. The summed E-state index contributed by atoms with van der Waals surface area (Å²) in [4.78, 5) is 25.0. The third-order valence-corrected chi connectivity index (χ3v) is 6.40. The molecule has 6 nitrogen and oxygen atoms in total. The van der Waals surface area contributed by atoms with E-state index in [4.69, 9.17) is 0 Å². The highest BCUT2D eigenvalue weighted by atomic mass is 32.2. The van der Waals surface area contributed by atoms with Crippen LogP contribution in [0.3, 0.4) is 0 Å². The molecule has 0 radical (unpaired) electrons. The van der Waals surface area contributed by atoms with Gasteiger partial charge in [-0.25, -0.2) is 8.42 Å². The first-order valence-electron chi connectivity index (χ1n) is 8.59. The number of anilines is 1. The average molecular weight is 392 g/mol. The van der Waals surface area contributed by atoms with Gasteiger partial charge in [-0.3, -0.25) is 9.59 Å². The van der Waals surface area contributed by atoms with Gasteiger partial charge >= 0.3 is 0 Å². The average Bonchev–Trinajstić information content (AvgIpc) is 3.11. The second kappa shape index (κ2) is 6.94. The molecule has 2 N–H and O–H groups in total. The number of amides is 2. The van der Waals surface area contributed by atoms with Crippen molar-refractivity contribution in [1.82, 2.24) is 5.32 Å². The summed E-state index contributed by atoms with van der Waals surface area (Å²) in [6, 6.07) is 19.5. The molecular formula is C21H16N2O4S. The molecule has 0 saturated carbocycles. The van der Waals surface area contributed by atoms with E-state index >= 15 is 0 Å². The van der Waals surface area contributed by atoms with Gasteiger partial charge in [-0.15, -0.1) is 0 Å². The number of carbonyl (C=O) groups excluding carboxylic acids is 2. The van der Waals surface area contributed by atoms with Crippen molar-refractivity contribution in [1.29, 1.82) is 0 Å². The predicted octanol–water partition coefficient (Wildman–Crippen LogP) is 3.02. The van der Waals surface area contributed by atoms with E-state index in [0.717, 1.165) is 0 Å². The molecule has 0 spiro atoms. The highest BCUT2D eigenvalue weighted by molar-refractivity contribution is 7.91. The van der Waals surface area contributed by atoms with Crippen molar-refractivity contribution in [2.24, 2.45) is 0 Å². The number of hydrogen-bond donors (Lipinski definition) is 2. The molecule has 28 heavy (non-hydrogen) atoms. The zero-order valence-corrected chi connectivity index (χ0v) is 15.5. The SMILES string of the molecule is O=C(Nc1ccc(S(=O)(=O)c2ccccc2)c2c1C(=O)NC2)c1ccccc1. The molecule has 1 heterocycles. The van der Waals surface area contributed by atoms with E-state index in [2.05, 4.69) is 10.6 Å². The standard InChI is InChI=1S/C21H16N2O4S/c24-20(14-7-3-1-4-8-14)23-17-11-12-18(16-13-22-21(25)19(16)17)28(26,27)15-9-5-2-6-10-15/h1-12H,13H2,(H,22,25)(H,23,24). The van der Waals surface area contributed by atoms with Gasteiger partial charge in [0.15, 0.2) is 0 Å². The summed E-state index contributed by atoms with van der Waals surface area (Å²) in [6.45, 7) is 0.0879. The lowest BCUT2D eigenvalue weighted by atomic mass is 10.1. The Morgan fingerprint density at radius 1 is 0.893 bits per heavy atom. The Morgan fingerprint density at radius 2 is 1.54 bits per heavy atom. The molecule has 3 aromatic rings. The van der Waals surface area contributed by atoms with Gasteiger partial charge in [0, 0.05) is 17.7 Å². The maximum atomic E-state index is 13.0. The molecule has 4 rings (SSSR count). The summed E-state index contributed by atoms with van der Waals surface area (Å²) in [5.74, 6) is -0.787. The second-order valence-electron chi connectivity index (χ2n) is 6.28. The summed E-state index contributed by atoms with van der Waals surface area (Å²) < 4.78 is 26.1. The van der Waals surface area contributed by atoms with E-state index < -0.39 is 15.7 Å². The molecule has 0 bridgehead atoms. The number of nitrogens with one attached hydrogen (secondary N) is 2. The van der Waals surface area contributed by atoms with Gasteiger partial charge in [-0.2, -0.15) is 0 Å². The van der Waals surface area contributed by atoms with Crippen LogP contribution >= 0.6 is 0 Å². The van der Waals surface area contributed by atoms with Crippen molar-refractivity contribution in [2.75, 3.05) is 5.32 Å². The van der Waals surface area contributed by atoms with Crippen LogP contribution in [0.5, 0.6) is 0 Å². The summed E-state index contributed by atoms with van der Waals surface area (Å²) in [5.41, 5.74) is 1.27. The molecule has 7 heteroatoms. The fourth-order valence-electron chi connectivity index (χ4n) is 3.19. The molecule has 0 saturated heterocycles. The Kier molecular flexibility index (Phi) is 4.44. The first kappa shape index (κ1) is 17.9. The van der Waals surface area contributed by atoms with Crippen LogP contribution in [0.4, 0.5) is 5.69 Å². The van der Waals surface area contributed by atoms with Crippen molar-refractivity contribution >= 4 is 27.3 Å². The van der Waals surface area contributed by atoms with Crippen LogP contribution in [0.2, 0.25) is 0 Å². The smallest absolute Gasteiger partial charge is 0.255 e. The molecule has 0 fully saturated rings.